The molecule has 0 aromatic carbocycles. The van der Waals surface area contributed by atoms with E-state index in [2.05, 4.69) is 34.6 Å². The van der Waals surface area contributed by atoms with E-state index in [1.807, 2.05) is 24.6 Å². The van der Waals surface area contributed by atoms with Crippen molar-refractivity contribution in [3.63, 3.8) is 0 Å². The molecule has 0 radical (unpaired) electrons. The summed E-state index contributed by atoms with van der Waals surface area (Å²) in [5.41, 5.74) is 5.85. The molecule has 0 spiro atoms. The number of rotatable bonds is 3. The first-order valence-corrected chi connectivity index (χ1v) is 5.91. The highest BCUT2D eigenvalue weighted by molar-refractivity contribution is 5.38. The molecule has 2 aromatic rings. The fourth-order valence-electron chi connectivity index (χ4n) is 2.23. The molecule has 0 fully saturated rings. The molecule has 0 aliphatic carbocycles. The number of aromatic nitrogens is 4. The van der Waals surface area contributed by atoms with Crippen LogP contribution in [0.15, 0.2) is 12.1 Å². The molecule has 18 heavy (non-hydrogen) atoms. The van der Waals surface area contributed by atoms with Crippen LogP contribution in [0.1, 0.15) is 36.7 Å². The highest BCUT2D eigenvalue weighted by atomic mass is 15.4. The Balaban J connectivity index is 2.47. The number of nitrogens with two attached hydrogens (primary N) is 1. The van der Waals surface area contributed by atoms with Crippen molar-refractivity contribution in [1.29, 1.82) is 0 Å². The van der Waals surface area contributed by atoms with Crippen LogP contribution in [0.2, 0.25) is 0 Å². The van der Waals surface area contributed by atoms with Crippen LogP contribution in [-0.2, 0) is 0 Å². The number of nitrogens with one attached hydrogen (secondary N) is 1. The molecule has 0 aliphatic heterocycles. The minimum atomic E-state index is 0.441. The standard InChI is InChI=1S/C12H18N6/c1-7(2)12-8(3)17-18(9(12)4)11-6-5-10(14-13)15-16-11/h5-7H,13H2,1-4H3,(H,14,15). The average molecular weight is 246 g/mol. The number of nitrogens with zero attached hydrogens (tertiary/aromatic N) is 4. The van der Waals surface area contributed by atoms with E-state index in [-0.39, 0.29) is 0 Å². The van der Waals surface area contributed by atoms with Gasteiger partial charge in [0.2, 0.25) is 0 Å². The Morgan fingerprint density at radius 1 is 1.22 bits per heavy atom. The van der Waals surface area contributed by atoms with Crippen molar-refractivity contribution < 1.29 is 0 Å². The van der Waals surface area contributed by atoms with Crippen LogP contribution < -0.4 is 11.3 Å². The lowest BCUT2D eigenvalue weighted by Crippen LogP contribution is -2.10. The SMILES string of the molecule is Cc1nn(-c2ccc(NN)nn2)c(C)c1C(C)C. The monoisotopic (exact) mass is 246 g/mol. The van der Waals surface area contributed by atoms with E-state index in [9.17, 15) is 0 Å². The summed E-state index contributed by atoms with van der Waals surface area (Å²) in [4.78, 5) is 0. The van der Waals surface area contributed by atoms with Crippen molar-refractivity contribution in [2.45, 2.75) is 33.6 Å². The van der Waals surface area contributed by atoms with E-state index in [0.29, 0.717) is 17.6 Å². The molecule has 6 heteroatoms. The van der Waals surface area contributed by atoms with Crippen molar-refractivity contribution >= 4 is 5.82 Å². The normalized spacial score (nSPS) is 11.0. The minimum Gasteiger partial charge on any atom is -0.307 e. The fourth-order valence-corrected chi connectivity index (χ4v) is 2.23. The van der Waals surface area contributed by atoms with Gasteiger partial charge in [-0.3, -0.25) is 0 Å². The average Bonchev–Trinajstić information content (AvgIpc) is 2.65. The molecule has 0 aliphatic rings. The highest BCUT2D eigenvalue weighted by Crippen LogP contribution is 2.24. The molecule has 6 nitrogen and oxygen atoms in total. The third kappa shape index (κ3) is 2.06. The zero-order valence-electron chi connectivity index (χ0n) is 11.1. The Hall–Kier alpha value is -1.95. The van der Waals surface area contributed by atoms with E-state index in [1.54, 1.807) is 6.07 Å². The summed E-state index contributed by atoms with van der Waals surface area (Å²) in [6, 6.07) is 3.61. The van der Waals surface area contributed by atoms with Gasteiger partial charge in [0.25, 0.3) is 0 Å². The minimum absolute atomic E-state index is 0.441. The fraction of sp³-hybridized carbons (Fsp3) is 0.417. The van der Waals surface area contributed by atoms with Crippen LogP contribution in [0.5, 0.6) is 0 Å². The summed E-state index contributed by atoms with van der Waals surface area (Å²) >= 11 is 0. The summed E-state index contributed by atoms with van der Waals surface area (Å²) in [7, 11) is 0. The van der Waals surface area contributed by atoms with Crippen LogP contribution >= 0.6 is 0 Å². The van der Waals surface area contributed by atoms with Gasteiger partial charge in [-0.1, -0.05) is 13.8 Å². The lowest BCUT2D eigenvalue weighted by Gasteiger charge is -2.06. The van der Waals surface area contributed by atoms with Crippen LogP contribution in [-0.4, -0.2) is 20.0 Å². The Morgan fingerprint density at radius 2 is 1.94 bits per heavy atom. The van der Waals surface area contributed by atoms with Gasteiger partial charge in [0, 0.05) is 5.69 Å². The summed E-state index contributed by atoms with van der Waals surface area (Å²) in [5.74, 6) is 6.93. The number of nitrogen functional groups attached to an aromatic ring is 1. The molecule has 2 rings (SSSR count). The van der Waals surface area contributed by atoms with Gasteiger partial charge >= 0.3 is 0 Å². The Bertz CT molecular complexity index is 540. The predicted molar refractivity (Wildman–Crippen MR) is 70.5 cm³/mol. The highest BCUT2D eigenvalue weighted by Gasteiger charge is 2.16. The van der Waals surface area contributed by atoms with Gasteiger partial charge in [0.05, 0.1) is 5.69 Å². The van der Waals surface area contributed by atoms with Gasteiger partial charge in [0.1, 0.15) is 0 Å². The molecule has 0 amide bonds. The van der Waals surface area contributed by atoms with Gasteiger partial charge in [-0.2, -0.15) is 5.10 Å². The van der Waals surface area contributed by atoms with E-state index in [4.69, 9.17) is 5.84 Å². The Kier molecular flexibility index (Phi) is 3.29. The van der Waals surface area contributed by atoms with Crippen LogP contribution in [0.4, 0.5) is 5.82 Å². The molecule has 0 bridgehead atoms. The molecule has 2 heterocycles. The van der Waals surface area contributed by atoms with Crippen LogP contribution in [0.25, 0.3) is 5.82 Å². The molecular weight excluding hydrogens is 228 g/mol. The van der Waals surface area contributed by atoms with Gasteiger partial charge in [-0.25, -0.2) is 10.5 Å². The molecule has 0 atom stereocenters. The van der Waals surface area contributed by atoms with Gasteiger partial charge in [-0.15, -0.1) is 10.2 Å². The third-order valence-electron chi connectivity index (χ3n) is 2.94. The smallest absolute Gasteiger partial charge is 0.176 e. The van der Waals surface area contributed by atoms with E-state index >= 15 is 0 Å². The van der Waals surface area contributed by atoms with E-state index in [1.165, 1.54) is 5.56 Å². The number of hydrogen-bond acceptors (Lipinski definition) is 5. The van der Waals surface area contributed by atoms with Crippen LogP contribution in [0, 0.1) is 13.8 Å². The first-order chi connectivity index (χ1) is 8.54. The number of hydrogen-bond donors (Lipinski definition) is 2. The van der Waals surface area contributed by atoms with E-state index in [0.717, 1.165) is 11.4 Å². The molecule has 0 saturated heterocycles. The van der Waals surface area contributed by atoms with Crippen molar-refractivity contribution in [3.8, 4) is 5.82 Å². The lowest BCUT2D eigenvalue weighted by molar-refractivity contribution is 0.778. The maximum absolute atomic E-state index is 5.26. The second-order valence-corrected chi connectivity index (χ2v) is 4.57. The molecule has 2 aromatic heterocycles. The molecule has 96 valence electrons. The summed E-state index contributed by atoms with van der Waals surface area (Å²) in [6.45, 7) is 8.39. The van der Waals surface area contributed by atoms with Gasteiger partial charge < -0.3 is 5.43 Å². The van der Waals surface area contributed by atoms with Crippen molar-refractivity contribution in [1.82, 2.24) is 20.0 Å². The first-order valence-electron chi connectivity index (χ1n) is 5.91. The molecular formula is C12H18N6. The summed E-state index contributed by atoms with van der Waals surface area (Å²) < 4.78 is 1.82. The molecule has 0 unspecified atom stereocenters. The second kappa shape index (κ2) is 4.73. The van der Waals surface area contributed by atoms with Gasteiger partial charge in [0.15, 0.2) is 11.6 Å². The number of aryl methyl sites for hydroxylation is 1. The topological polar surface area (TPSA) is 81.7 Å². The maximum Gasteiger partial charge on any atom is 0.176 e. The van der Waals surface area contributed by atoms with Crippen molar-refractivity contribution in [2.24, 2.45) is 5.84 Å². The largest absolute Gasteiger partial charge is 0.307 e. The molecule has 3 N–H and O–H groups in total. The van der Waals surface area contributed by atoms with Crippen molar-refractivity contribution in [3.05, 3.63) is 29.1 Å². The van der Waals surface area contributed by atoms with Gasteiger partial charge in [-0.05, 0) is 37.5 Å². The number of anilines is 1. The van der Waals surface area contributed by atoms with E-state index < -0.39 is 0 Å². The first kappa shape index (κ1) is 12.5. The summed E-state index contributed by atoms with van der Waals surface area (Å²) in [6.07, 6.45) is 0. The quantitative estimate of drug-likeness (QED) is 0.636. The second-order valence-electron chi connectivity index (χ2n) is 4.57. The lowest BCUT2D eigenvalue weighted by atomic mass is 10.0. The third-order valence-corrected chi connectivity index (χ3v) is 2.94. The van der Waals surface area contributed by atoms with Crippen LogP contribution in [0.3, 0.4) is 0 Å². The zero-order valence-corrected chi connectivity index (χ0v) is 11.1. The molecule has 0 saturated carbocycles. The summed E-state index contributed by atoms with van der Waals surface area (Å²) in [5, 5.41) is 12.6. The Morgan fingerprint density at radius 3 is 2.39 bits per heavy atom. The Labute approximate surface area is 106 Å². The maximum atomic E-state index is 5.26. The van der Waals surface area contributed by atoms with Crippen molar-refractivity contribution in [2.75, 3.05) is 5.43 Å². The predicted octanol–water partition coefficient (Wildman–Crippen LogP) is 1.69. The zero-order chi connectivity index (χ0) is 13.3. The number of hydrazine groups is 1.